The Hall–Kier alpha value is -1.65. The first-order valence-electron chi connectivity index (χ1n) is 4.22. The lowest BCUT2D eigenvalue weighted by Crippen LogP contribution is -1.85. The van der Waals surface area contributed by atoms with E-state index in [4.69, 9.17) is 4.52 Å². The molecule has 0 aromatic carbocycles. The summed E-state index contributed by atoms with van der Waals surface area (Å²) in [4.78, 5) is 4.19. The van der Waals surface area contributed by atoms with Crippen molar-refractivity contribution < 1.29 is 4.52 Å². The van der Waals surface area contributed by atoms with Crippen molar-refractivity contribution in [1.29, 1.82) is 0 Å². The largest absolute Gasteiger partial charge is 0.332 e. The van der Waals surface area contributed by atoms with Crippen LogP contribution in [0, 0.1) is 0 Å². The Morgan fingerprint density at radius 1 is 1.54 bits per heavy atom. The predicted octanol–water partition coefficient (Wildman–Crippen LogP) is 1.41. The summed E-state index contributed by atoms with van der Waals surface area (Å²) in [5.74, 6) is 1.24. The maximum Gasteiger partial charge on any atom is 0.275 e. The minimum Gasteiger partial charge on any atom is -0.332 e. The minimum absolute atomic E-state index is 0.501. The molecule has 0 unspecified atom stereocenters. The van der Waals surface area contributed by atoms with E-state index in [9.17, 15) is 0 Å². The fourth-order valence-corrected chi connectivity index (χ4v) is 1.06. The zero-order valence-electron chi connectivity index (χ0n) is 7.32. The molecule has 2 rings (SSSR count). The zero-order chi connectivity index (χ0) is 9.10. The number of hydrogen-bond acceptors (Lipinski definition) is 4. The van der Waals surface area contributed by atoms with Crippen LogP contribution in [0.4, 0.5) is 0 Å². The Kier molecular flexibility index (Phi) is 2.08. The highest BCUT2D eigenvalue weighted by Gasteiger charge is 2.08. The van der Waals surface area contributed by atoms with Gasteiger partial charge in [0.25, 0.3) is 5.89 Å². The van der Waals surface area contributed by atoms with Crippen molar-refractivity contribution in [1.82, 2.24) is 20.3 Å². The summed E-state index contributed by atoms with van der Waals surface area (Å²) in [5.41, 5.74) is 0.759. The lowest BCUT2D eigenvalue weighted by atomic mass is 10.3. The third-order valence-electron chi connectivity index (χ3n) is 1.67. The molecule has 0 saturated carbocycles. The van der Waals surface area contributed by atoms with Crippen LogP contribution >= 0.6 is 0 Å². The third-order valence-corrected chi connectivity index (χ3v) is 1.67. The van der Waals surface area contributed by atoms with E-state index >= 15 is 0 Å². The molecule has 0 spiro atoms. The highest BCUT2D eigenvalue weighted by molar-refractivity contribution is 5.44. The normalized spacial score (nSPS) is 10.5. The van der Waals surface area contributed by atoms with Gasteiger partial charge in [0, 0.05) is 12.6 Å². The van der Waals surface area contributed by atoms with Crippen LogP contribution in [-0.4, -0.2) is 20.3 Å². The van der Waals surface area contributed by atoms with Gasteiger partial charge in [0.15, 0.2) is 5.82 Å². The second kappa shape index (κ2) is 3.38. The molecule has 2 aromatic heterocycles. The van der Waals surface area contributed by atoms with Gasteiger partial charge in [-0.05, 0) is 12.5 Å². The third kappa shape index (κ3) is 1.58. The number of aromatic amines is 1. The van der Waals surface area contributed by atoms with Gasteiger partial charge in [0.05, 0.1) is 0 Å². The van der Waals surface area contributed by atoms with E-state index in [0.717, 1.165) is 24.4 Å². The molecular weight excluding hydrogens is 168 g/mol. The van der Waals surface area contributed by atoms with Crippen LogP contribution in [0.2, 0.25) is 0 Å². The lowest BCUT2D eigenvalue weighted by molar-refractivity contribution is 0.421. The molecule has 13 heavy (non-hydrogen) atoms. The topological polar surface area (TPSA) is 67.6 Å². The number of H-pyrrole nitrogens is 1. The highest BCUT2D eigenvalue weighted by Crippen LogP contribution is 2.13. The molecule has 0 atom stereocenters. The molecule has 0 radical (unpaired) electrons. The molecule has 2 aromatic rings. The number of rotatable bonds is 3. The SMILES string of the molecule is CCCc1noc(-c2ccn[nH]2)n1. The number of hydrogen-bond donors (Lipinski definition) is 1. The van der Waals surface area contributed by atoms with Crippen LogP contribution in [0.25, 0.3) is 11.6 Å². The van der Waals surface area contributed by atoms with Gasteiger partial charge < -0.3 is 4.52 Å². The Morgan fingerprint density at radius 3 is 3.15 bits per heavy atom. The van der Waals surface area contributed by atoms with Gasteiger partial charge in [-0.2, -0.15) is 10.1 Å². The van der Waals surface area contributed by atoms with E-state index in [1.807, 2.05) is 0 Å². The van der Waals surface area contributed by atoms with Crippen LogP contribution in [0.3, 0.4) is 0 Å². The average molecular weight is 178 g/mol. The molecule has 0 saturated heterocycles. The molecule has 68 valence electrons. The van der Waals surface area contributed by atoms with E-state index < -0.39 is 0 Å². The van der Waals surface area contributed by atoms with Gasteiger partial charge in [0.2, 0.25) is 0 Å². The number of nitrogens with one attached hydrogen (secondary N) is 1. The van der Waals surface area contributed by atoms with Crippen LogP contribution in [0.5, 0.6) is 0 Å². The van der Waals surface area contributed by atoms with Gasteiger partial charge in [0.1, 0.15) is 5.69 Å². The van der Waals surface area contributed by atoms with E-state index in [0.29, 0.717) is 5.89 Å². The molecule has 0 fully saturated rings. The fraction of sp³-hybridized carbons (Fsp3) is 0.375. The molecular formula is C8H10N4O. The van der Waals surface area contributed by atoms with Crippen LogP contribution in [0.1, 0.15) is 19.2 Å². The summed E-state index contributed by atoms with van der Waals surface area (Å²) < 4.78 is 5.03. The summed E-state index contributed by atoms with van der Waals surface area (Å²) in [5, 5.41) is 10.4. The lowest BCUT2D eigenvalue weighted by Gasteiger charge is -1.84. The predicted molar refractivity (Wildman–Crippen MR) is 45.9 cm³/mol. The fourth-order valence-electron chi connectivity index (χ4n) is 1.06. The smallest absolute Gasteiger partial charge is 0.275 e. The van der Waals surface area contributed by atoms with E-state index in [-0.39, 0.29) is 0 Å². The monoisotopic (exact) mass is 178 g/mol. The van der Waals surface area contributed by atoms with Crippen LogP contribution < -0.4 is 0 Å². The molecule has 0 aliphatic heterocycles. The van der Waals surface area contributed by atoms with E-state index in [1.54, 1.807) is 12.3 Å². The quantitative estimate of drug-likeness (QED) is 0.771. The Labute approximate surface area is 75.2 Å². The molecule has 0 aliphatic carbocycles. The maximum absolute atomic E-state index is 5.03. The van der Waals surface area contributed by atoms with Crippen molar-refractivity contribution in [2.24, 2.45) is 0 Å². The molecule has 0 amide bonds. The van der Waals surface area contributed by atoms with Crippen molar-refractivity contribution in [3.05, 3.63) is 18.1 Å². The maximum atomic E-state index is 5.03. The first-order valence-corrected chi connectivity index (χ1v) is 4.22. The number of aromatic nitrogens is 4. The molecule has 0 aliphatic rings. The minimum atomic E-state index is 0.501. The van der Waals surface area contributed by atoms with Gasteiger partial charge >= 0.3 is 0 Å². The van der Waals surface area contributed by atoms with Crippen molar-refractivity contribution >= 4 is 0 Å². The standard InChI is InChI=1S/C8H10N4O/c1-2-3-7-10-8(13-12-7)6-4-5-9-11-6/h4-5H,2-3H2,1H3,(H,9,11). The summed E-state index contributed by atoms with van der Waals surface area (Å²) in [6.45, 7) is 2.08. The molecule has 2 heterocycles. The molecule has 1 N–H and O–H groups in total. The molecule has 0 bridgehead atoms. The van der Waals surface area contributed by atoms with E-state index in [2.05, 4.69) is 27.3 Å². The van der Waals surface area contributed by atoms with Gasteiger partial charge in [-0.15, -0.1) is 0 Å². The second-order valence-electron chi connectivity index (χ2n) is 2.74. The van der Waals surface area contributed by atoms with Crippen LogP contribution in [-0.2, 0) is 6.42 Å². The highest BCUT2D eigenvalue weighted by atomic mass is 16.5. The summed E-state index contributed by atoms with van der Waals surface area (Å²) in [7, 11) is 0. The first kappa shape index (κ1) is 7.97. The summed E-state index contributed by atoms with van der Waals surface area (Å²) in [6.07, 6.45) is 3.51. The van der Waals surface area contributed by atoms with Gasteiger partial charge in [-0.3, -0.25) is 5.10 Å². The van der Waals surface area contributed by atoms with Crippen molar-refractivity contribution in [2.75, 3.05) is 0 Å². The summed E-state index contributed by atoms with van der Waals surface area (Å²) >= 11 is 0. The van der Waals surface area contributed by atoms with E-state index in [1.165, 1.54) is 0 Å². The zero-order valence-corrected chi connectivity index (χ0v) is 7.32. The number of aryl methyl sites for hydroxylation is 1. The molecule has 5 nitrogen and oxygen atoms in total. The van der Waals surface area contributed by atoms with Gasteiger partial charge in [-0.25, -0.2) is 0 Å². The number of nitrogens with zero attached hydrogens (tertiary/aromatic N) is 3. The van der Waals surface area contributed by atoms with Crippen molar-refractivity contribution in [3.63, 3.8) is 0 Å². The molecule has 5 heteroatoms. The van der Waals surface area contributed by atoms with Crippen molar-refractivity contribution in [2.45, 2.75) is 19.8 Å². The van der Waals surface area contributed by atoms with Gasteiger partial charge in [-0.1, -0.05) is 12.1 Å². The Balaban J connectivity index is 2.23. The van der Waals surface area contributed by atoms with Crippen molar-refractivity contribution in [3.8, 4) is 11.6 Å². The first-order chi connectivity index (χ1) is 6.40. The second-order valence-corrected chi connectivity index (χ2v) is 2.74. The summed E-state index contributed by atoms with van der Waals surface area (Å²) in [6, 6.07) is 1.79. The average Bonchev–Trinajstić information content (AvgIpc) is 2.70. The Morgan fingerprint density at radius 2 is 2.46 bits per heavy atom. The Bertz CT molecular complexity index is 365. The van der Waals surface area contributed by atoms with Crippen LogP contribution in [0.15, 0.2) is 16.8 Å².